The Labute approximate surface area is 161 Å². The number of rotatable bonds is 6. The standard InChI is InChI=1S/C19H32N6O2/c1-13-9-17(21-12-14-5-4-8-20-11-14)24-18(22-13)25-19(26)23-15-6-3-7-16(10-15)27-2/h3,6-7,10,13-14,17-18,20-22,24H,4-5,8-9,11-12H2,1-2H3,(H2,23,25,26). The van der Waals surface area contributed by atoms with Gasteiger partial charge in [-0.05, 0) is 57.3 Å². The number of piperidine rings is 1. The molecule has 4 atom stereocenters. The van der Waals surface area contributed by atoms with Crippen LogP contribution in [0.15, 0.2) is 24.3 Å². The quantitative estimate of drug-likeness (QED) is 0.443. The van der Waals surface area contributed by atoms with Crippen LogP contribution >= 0.6 is 0 Å². The summed E-state index contributed by atoms with van der Waals surface area (Å²) in [6.45, 7) is 5.33. The molecular weight excluding hydrogens is 344 g/mol. The number of amides is 2. The third kappa shape index (κ3) is 6.35. The highest BCUT2D eigenvalue weighted by Gasteiger charge is 2.26. The van der Waals surface area contributed by atoms with Crippen LogP contribution in [0.2, 0.25) is 0 Å². The van der Waals surface area contributed by atoms with E-state index in [1.807, 2.05) is 18.2 Å². The summed E-state index contributed by atoms with van der Waals surface area (Å²) in [4.78, 5) is 12.3. The van der Waals surface area contributed by atoms with Crippen molar-refractivity contribution in [2.45, 2.75) is 44.7 Å². The van der Waals surface area contributed by atoms with Gasteiger partial charge in [0.05, 0.1) is 13.3 Å². The molecule has 1 aromatic rings. The maximum atomic E-state index is 12.3. The van der Waals surface area contributed by atoms with Crippen LogP contribution in [-0.2, 0) is 0 Å². The zero-order valence-electron chi connectivity index (χ0n) is 16.2. The Hall–Kier alpha value is -1.87. The predicted molar refractivity (Wildman–Crippen MR) is 107 cm³/mol. The Balaban J connectivity index is 1.46. The summed E-state index contributed by atoms with van der Waals surface area (Å²) < 4.78 is 5.18. The maximum absolute atomic E-state index is 12.3. The van der Waals surface area contributed by atoms with Gasteiger partial charge in [0.15, 0.2) is 0 Å². The second-order valence-corrected chi connectivity index (χ2v) is 7.41. The van der Waals surface area contributed by atoms with Gasteiger partial charge in [0.25, 0.3) is 0 Å². The summed E-state index contributed by atoms with van der Waals surface area (Å²) in [5, 5.41) is 19.6. The van der Waals surface area contributed by atoms with E-state index in [0.717, 1.165) is 26.1 Å². The summed E-state index contributed by atoms with van der Waals surface area (Å²) in [5.74, 6) is 1.38. The fourth-order valence-corrected chi connectivity index (χ4v) is 3.66. The summed E-state index contributed by atoms with van der Waals surface area (Å²) in [6, 6.07) is 7.33. The van der Waals surface area contributed by atoms with Crippen molar-refractivity contribution in [3.63, 3.8) is 0 Å². The molecule has 0 radical (unpaired) electrons. The van der Waals surface area contributed by atoms with Gasteiger partial charge in [-0.15, -0.1) is 0 Å². The van der Waals surface area contributed by atoms with Crippen molar-refractivity contribution in [2.75, 3.05) is 32.1 Å². The zero-order valence-corrected chi connectivity index (χ0v) is 16.2. The Morgan fingerprint density at radius 3 is 3.00 bits per heavy atom. The molecule has 2 aliphatic rings. The molecule has 0 saturated carbocycles. The highest BCUT2D eigenvalue weighted by atomic mass is 16.5. The lowest BCUT2D eigenvalue weighted by Gasteiger charge is -2.37. The molecule has 2 saturated heterocycles. The van der Waals surface area contributed by atoms with Gasteiger partial charge < -0.3 is 26.0 Å². The van der Waals surface area contributed by atoms with Crippen molar-refractivity contribution in [2.24, 2.45) is 5.92 Å². The molecule has 1 aromatic carbocycles. The number of ether oxygens (including phenoxy) is 1. The first kappa shape index (κ1) is 19.9. The van der Waals surface area contributed by atoms with Crippen molar-refractivity contribution in [3.8, 4) is 5.75 Å². The normalized spacial score (nSPS) is 28.4. The van der Waals surface area contributed by atoms with E-state index in [4.69, 9.17) is 4.74 Å². The van der Waals surface area contributed by atoms with Gasteiger partial charge in [0.1, 0.15) is 12.0 Å². The molecule has 4 unspecified atom stereocenters. The van der Waals surface area contributed by atoms with Crippen LogP contribution in [0.4, 0.5) is 10.5 Å². The summed E-state index contributed by atoms with van der Waals surface area (Å²) in [6.07, 6.45) is 3.37. The molecule has 2 amide bonds. The van der Waals surface area contributed by atoms with Crippen LogP contribution in [0.3, 0.4) is 0 Å². The summed E-state index contributed by atoms with van der Waals surface area (Å²) >= 11 is 0. The van der Waals surface area contributed by atoms with Gasteiger partial charge in [0, 0.05) is 24.3 Å². The van der Waals surface area contributed by atoms with Crippen molar-refractivity contribution in [3.05, 3.63) is 24.3 Å². The van der Waals surface area contributed by atoms with Gasteiger partial charge in [-0.3, -0.25) is 10.6 Å². The van der Waals surface area contributed by atoms with E-state index >= 15 is 0 Å². The van der Waals surface area contributed by atoms with Gasteiger partial charge in [-0.25, -0.2) is 4.79 Å². The Morgan fingerprint density at radius 1 is 1.33 bits per heavy atom. The molecule has 0 bridgehead atoms. The molecule has 2 fully saturated rings. The number of nitrogens with one attached hydrogen (secondary N) is 6. The van der Waals surface area contributed by atoms with Gasteiger partial charge in [-0.2, -0.15) is 0 Å². The van der Waals surface area contributed by atoms with Crippen LogP contribution in [0, 0.1) is 5.92 Å². The van der Waals surface area contributed by atoms with Crippen LogP contribution in [0.1, 0.15) is 26.2 Å². The number of carbonyl (C=O) groups is 1. The average Bonchev–Trinajstić information content (AvgIpc) is 2.67. The largest absolute Gasteiger partial charge is 0.497 e. The lowest BCUT2D eigenvalue weighted by molar-refractivity contribution is 0.187. The maximum Gasteiger partial charge on any atom is 0.321 e. The predicted octanol–water partition coefficient (Wildman–Crippen LogP) is 0.987. The molecule has 8 heteroatoms. The van der Waals surface area contributed by atoms with E-state index in [9.17, 15) is 4.79 Å². The third-order valence-electron chi connectivity index (χ3n) is 5.06. The SMILES string of the molecule is COc1cccc(NC(=O)NC2NC(C)CC(NCC3CCCNC3)N2)c1. The number of carbonyl (C=O) groups excluding carboxylic acids is 1. The second-order valence-electron chi connectivity index (χ2n) is 7.41. The molecule has 6 N–H and O–H groups in total. The highest BCUT2D eigenvalue weighted by molar-refractivity contribution is 5.89. The topological polar surface area (TPSA) is 98.5 Å². The van der Waals surface area contributed by atoms with E-state index in [1.54, 1.807) is 13.2 Å². The molecular formula is C19H32N6O2. The molecule has 2 aliphatic heterocycles. The molecule has 0 aliphatic carbocycles. The third-order valence-corrected chi connectivity index (χ3v) is 5.06. The number of urea groups is 1. The minimum Gasteiger partial charge on any atom is -0.497 e. The van der Waals surface area contributed by atoms with Crippen LogP contribution in [0.5, 0.6) is 5.75 Å². The summed E-state index contributed by atoms with van der Waals surface area (Å²) in [5.41, 5.74) is 0.690. The van der Waals surface area contributed by atoms with Crippen molar-refractivity contribution in [1.29, 1.82) is 0 Å². The van der Waals surface area contributed by atoms with E-state index < -0.39 is 0 Å². The smallest absolute Gasteiger partial charge is 0.321 e. The number of hydrogen-bond acceptors (Lipinski definition) is 6. The van der Waals surface area contributed by atoms with E-state index in [0.29, 0.717) is 23.4 Å². The van der Waals surface area contributed by atoms with Crippen LogP contribution < -0.4 is 36.6 Å². The number of hydrogen-bond donors (Lipinski definition) is 6. The zero-order chi connectivity index (χ0) is 19.1. The Kier molecular flexibility index (Phi) is 7.28. The Morgan fingerprint density at radius 2 is 2.22 bits per heavy atom. The van der Waals surface area contributed by atoms with Crippen molar-refractivity contribution >= 4 is 11.7 Å². The van der Waals surface area contributed by atoms with Crippen molar-refractivity contribution < 1.29 is 9.53 Å². The first-order valence-corrected chi connectivity index (χ1v) is 9.80. The molecule has 8 nitrogen and oxygen atoms in total. The van der Waals surface area contributed by atoms with Crippen molar-refractivity contribution in [1.82, 2.24) is 26.6 Å². The van der Waals surface area contributed by atoms with Gasteiger partial charge >= 0.3 is 6.03 Å². The molecule has 0 spiro atoms. The second kappa shape index (κ2) is 9.89. The van der Waals surface area contributed by atoms with Crippen LogP contribution in [-0.4, -0.2) is 51.3 Å². The molecule has 3 rings (SSSR count). The monoisotopic (exact) mass is 376 g/mol. The molecule has 150 valence electrons. The first-order valence-electron chi connectivity index (χ1n) is 9.80. The highest BCUT2D eigenvalue weighted by Crippen LogP contribution is 2.16. The number of methoxy groups -OCH3 is 1. The summed E-state index contributed by atoms with van der Waals surface area (Å²) in [7, 11) is 1.60. The average molecular weight is 377 g/mol. The van der Waals surface area contributed by atoms with Crippen LogP contribution in [0.25, 0.3) is 0 Å². The number of benzene rings is 1. The van der Waals surface area contributed by atoms with E-state index in [1.165, 1.54) is 12.8 Å². The van der Waals surface area contributed by atoms with E-state index in [-0.39, 0.29) is 18.5 Å². The fourth-order valence-electron chi connectivity index (χ4n) is 3.66. The lowest BCUT2D eigenvalue weighted by Crippen LogP contribution is -2.68. The Bertz CT molecular complexity index is 608. The van der Waals surface area contributed by atoms with E-state index in [2.05, 4.69) is 38.8 Å². The molecule has 27 heavy (non-hydrogen) atoms. The number of anilines is 1. The van der Waals surface area contributed by atoms with Gasteiger partial charge in [0.2, 0.25) is 0 Å². The molecule has 2 heterocycles. The minimum atomic E-state index is -0.290. The minimum absolute atomic E-state index is 0.172. The first-order chi connectivity index (χ1) is 13.1. The van der Waals surface area contributed by atoms with Gasteiger partial charge in [-0.1, -0.05) is 6.07 Å². The lowest BCUT2D eigenvalue weighted by atomic mass is 9.99. The fraction of sp³-hybridized carbons (Fsp3) is 0.632. The molecule has 0 aromatic heterocycles.